The van der Waals surface area contributed by atoms with Crippen molar-refractivity contribution in [3.8, 4) is 5.88 Å². The molecule has 0 N–H and O–H groups in total. The van der Waals surface area contributed by atoms with Gasteiger partial charge in [0, 0.05) is 6.54 Å². The molecule has 0 aliphatic carbocycles. The van der Waals surface area contributed by atoms with Crippen molar-refractivity contribution in [2.75, 3.05) is 25.4 Å². The van der Waals surface area contributed by atoms with Gasteiger partial charge in [-0.05, 0) is 44.0 Å². The molecule has 4 rings (SSSR count). The first-order chi connectivity index (χ1) is 10.4. The molecule has 21 heavy (non-hydrogen) atoms. The minimum atomic E-state index is 0.329. The lowest BCUT2D eigenvalue weighted by atomic mass is 9.86. The maximum atomic E-state index is 6.21. The lowest BCUT2D eigenvalue weighted by Gasteiger charge is -2.44. The Morgan fingerprint density at radius 1 is 1.24 bits per heavy atom. The van der Waals surface area contributed by atoms with Crippen molar-refractivity contribution >= 4 is 23.5 Å². The summed E-state index contributed by atoms with van der Waals surface area (Å²) < 4.78 is 15.0. The monoisotopic (exact) mass is 327 g/mol. The smallest absolute Gasteiger partial charge is 0.260 e. The van der Waals surface area contributed by atoms with Gasteiger partial charge in [0.15, 0.2) is 5.03 Å². The van der Waals surface area contributed by atoms with Crippen LogP contribution in [0, 0.1) is 5.92 Å². The van der Waals surface area contributed by atoms with Crippen LogP contribution in [0.15, 0.2) is 5.03 Å². The molecule has 0 radical (unpaired) electrons. The van der Waals surface area contributed by atoms with Crippen LogP contribution in [0.1, 0.15) is 45.4 Å². The fourth-order valence-electron chi connectivity index (χ4n) is 3.22. The van der Waals surface area contributed by atoms with E-state index in [-0.39, 0.29) is 0 Å². The van der Waals surface area contributed by atoms with Gasteiger partial charge < -0.3 is 4.74 Å². The van der Waals surface area contributed by atoms with Crippen molar-refractivity contribution in [2.24, 2.45) is 5.92 Å². The van der Waals surface area contributed by atoms with Crippen LogP contribution in [-0.4, -0.2) is 45.1 Å². The molecule has 4 heterocycles. The van der Waals surface area contributed by atoms with Crippen LogP contribution in [0.3, 0.4) is 0 Å². The second-order valence-electron chi connectivity index (χ2n) is 6.08. The molecule has 1 aromatic rings. The van der Waals surface area contributed by atoms with Crippen LogP contribution in [-0.2, 0) is 0 Å². The zero-order valence-corrected chi connectivity index (χ0v) is 14.4. The number of piperidine rings is 3. The van der Waals surface area contributed by atoms with Crippen molar-refractivity contribution in [1.29, 1.82) is 0 Å². The normalized spacial score (nSPS) is 28.0. The summed E-state index contributed by atoms with van der Waals surface area (Å²) >= 11 is 3.09. The molecule has 2 bridgehead atoms. The van der Waals surface area contributed by atoms with Gasteiger partial charge in [0.25, 0.3) is 5.88 Å². The Bertz CT molecular complexity index is 432. The van der Waals surface area contributed by atoms with Crippen LogP contribution >= 0.6 is 23.5 Å². The summed E-state index contributed by atoms with van der Waals surface area (Å²) in [7, 11) is 0. The summed E-state index contributed by atoms with van der Waals surface area (Å²) in [6.45, 7) is 5.82. The standard InChI is InChI=1S/C15H25N3OS2/c1-2-3-4-5-10-20-15-14(16-21-17-15)19-13-11-18-8-6-12(13)7-9-18/h12-13H,2-11H2,1H3/t13-/m1/s1. The molecule has 3 fully saturated rings. The van der Waals surface area contributed by atoms with E-state index in [1.165, 1.54) is 63.3 Å². The van der Waals surface area contributed by atoms with Crippen molar-refractivity contribution in [3.05, 3.63) is 0 Å². The Morgan fingerprint density at radius 3 is 2.81 bits per heavy atom. The van der Waals surface area contributed by atoms with E-state index < -0.39 is 0 Å². The third kappa shape index (κ3) is 4.11. The van der Waals surface area contributed by atoms with E-state index in [0.717, 1.165) is 29.1 Å². The number of nitrogens with zero attached hydrogens (tertiary/aromatic N) is 3. The van der Waals surface area contributed by atoms with E-state index in [1.54, 1.807) is 0 Å². The molecule has 3 saturated heterocycles. The topological polar surface area (TPSA) is 38.3 Å². The van der Waals surface area contributed by atoms with Gasteiger partial charge in [0.2, 0.25) is 0 Å². The summed E-state index contributed by atoms with van der Waals surface area (Å²) in [4.78, 5) is 2.52. The second kappa shape index (κ2) is 7.79. The Kier molecular flexibility index (Phi) is 5.77. The first-order valence-electron chi connectivity index (χ1n) is 8.21. The highest BCUT2D eigenvalue weighted by Crippen LogP contribution is 2.34. The number of aromatic nitrogens is 2. The van der Waals surface area contributed by atoms with Gasteiger partial charge in [-0.2, -0.15) is 4.37 Å². The van der Waals surface area contributed by atoms with Gasteiger partial charge in [-0.1, -0.05) is 37.9 Å². The number of fused-ring (bicyclic) bond motifs is 3. The number of thioether (sulfide) groups is 1. The van der Waals surface area contributed by atoms with E-state index in [4.69, 9.17) is 4.74 Å². The van der Waals surface area contributed by atoms with Crippen molar-refractivity contribution in [2.45, 2.75) is 56.6 Å². The largest absolute Gasteiger partial charge is 0.470 e. The number of rotatable bonds is 8. The highest BCUT2D eigenvalue weighted by molar-refractivity contribution is 7.99. The minimum Gasteiger partial charge on any atom is -0.470 e. The van der Waals surface area contributed by atoms with E-state index in [9.17, 15) is 0 Å². The van der Waals surface area contributed by atoms with Crippen molar-refractivity contribution < 1.29 is 4.74 Å². The molecule has 0 amide bonds. The zero-order valence-electron chi connectivity index (χ0n) is 12.8. The molecule has 4 nitrogen and oxygen atoms in total. The Labute approximate surface area is 136 Å². The van der Waals surface area contributed by atoms with Crippen molar-refractivity contribution in [3.63, 3.8) is 0 Å². The molecule has 0 spiro atoms. The van der Waals surface area contributed by atoms with Gasteiger partial charge >= 0.3 is 0 Å². The Hall–Kier alpha value is -0.330. The first kappa shape index (κ1) is 15.6. The average Bonchev–Trinajstić information content (AvgIpc) is 2.95. The van der Waals surface area contributed by atoms with Gasteiger partial charge in [0.1, 0.15) is 6.10 Å². The molecule has 0 aromatic carbocycles. The second-order valence-corrected chi connectivity index (χ2v) is 7.69. The van der Waals surface area contributed by atoms with Crippen LogP contribution in [0.5, 0.6) is 5.88 Å². The predicted molar refractivity (Wildman–Crippen MR) is 88.4 cm³/mol. The van der Waals surface area contributed by atoms with Gasteiger partial charge in [-0.3, -0.25) is 4.90 Å². The lowest BCUT2D eigenvalue weighted by Crippen LogP contribution is -2.52. The third-order valence-electron chi connectivity index (χ3n) is 4.53. The number of hydrogen-bond acceptors (Lipinski definition) is 6. The summed E-state index contributed by atoms with van der Waals surface area (Å²) in [6, 6.07) is 0. The van der Waals surface area contributed by atoms with E-state index in [0.29, 0.717) is 6.10 Å². The highest BCUT2D eigenvalue weighted by atomic mass is 32.2. The Morgan fingerprint density at radius 2 is 2.10 bits per heavy atom. The molecule has 3 aliphatic heterocycles. The quantitative estimate of drug-likeness (QED) is 0.538. The Balaban J connectivity index is 1.48. The summed E-state index contributed by atoms with van der Waals surface area (Å²) in [5.41, 5.74) is 0. The van der Waals surface area contributed by atoms with Gasteiger partial charge in [0.05, 0.1) is 11.7 Å². The van der Waals surface area contributed by atoms with E-state index >= 15 is 0 Å². The molecule has 0 saturated carbocycles. The molecule has 118 valence electrons. The van der Waals surface area contributed by atoms with Crippen LogP contribution in [0.2, 0.25) is 0 Å². The molecule has 1 aromatic heterocycles. The number of ether oxygens (including phenoxy) is 1. The van der Waals surface area contributed by atoms with Crippen LogP contribution < -0.4 is 4.74 Å². The lowest BCUT2D eigenvalue weighted by molar-refractivity contribution is -0.0110. The van der Waals surface area contributed by atoms with Crippen LogP contribution in [0.25, 0.3) is 0 Å². The molecule has 0 unspecified atom stereocenters. The summed E-state index contributed by atoms with van der Waals surface area (Å²) in [6.07, 6.45) is 8.08. The number of unbranched alkanes of at least 4 members (excludes halogenated alkanes) is 3. The van der Waals surface area contributed by atoms with Crippen LogP contribution in [0.4, 0.5) is 0 Å². The maximum Gasteiger partial charge on any atom is 0.260 e. The first-order valence-corrected chi connectivity index (χ1v) is 9.92. The summed E-state index contributed by atoms with van der Waals surface area (Å²) in [5.74, 6) is 2.64. The fraction of sp³-hybridized carbons (Fsp3) is 0.867. The molecule has 3 aliphatic rings. The molecule has 6 heteroatoms. The van der Waals surface area contributed by atoms with Gasteiger partial charge in [-0.25, -0.2) is 0 Å². The third-order valence-corrected chi connectivity index (χ3v) is 6.19. The maximum absolute atomic E-state index is 6.21. The molecular formula is C15H25N3OS2. The fourth-order valence-corrected chi connectivity index (χ4v) is 4.74. The zero-order chi connectivity index (χ0) is 14.5. The van der Waals surface area contributed by atoms with Gasteiger partial charge in [-0.15, -0.1) is 4.37 Å². The summed E-state index contributed by atoms with van der Waals surface area (Å²) in [5, 5.41) is 1.01. The minimum absolute atomic E-state index is 0.329. The molecular weight excluding hydrogens is 302 g/mol. The highest BCUT2D eigenvalue weighted by Gasteiger charge is 2.36. The predicted octanol–water partition coefficient (Wildman–Crippen LogP) is 3.68. The SMILES string of the molecule is CCCCCCSc1nsnc1O[C@@H]1CN2CCC1CC2. The number of hydrogen-bond donors (Lipinski definition) is 0. The van der Waals surface area contributed by atoms with E-state index in [2.05, 4.69) is 20.6 Å². The average molecular weight is 328 g/mol. The molecule has 1 atom stereocenters. The van der Waals surface area contributed by atoms with Crippen molar-refractivity contribution in [1.82, 2.24) is 13.6 Å². The van der Waals surface area contributed by atoms with E-state index in [1.807, 2.05) is 11.8 Å².